The molecular formula is C22H31ClN4O4. The lowest BCUT2D eigenvalue weighted by Crippen LogP contribution is -2.35. The van der Waals surface area contributed by atoms with Crippen molar-refractivity contribution >= 4 is 36.1 Å². The van der Waals surface area contributed by atoms with E-state index >= 15 is 0 Å². The van der Waals surface area contributed by atoms with E-state index in [9.17, 15) is 14.4 Å². The predicted octanol–water partition coefficient (Wildman–Crippen LogP) is 2.77. The van der Waals surface area contributed by atoms with E-state index in [1.165, 1.54) is 0 Å². The van der Waals surface area contributed by atoms with E-state index in [0.29, 0.717) is 37.2 Å². The summed E-state index contributed by atoms with van der Waals surface area (Å²) in [5.74, 6) is -0.564. The molecule has 0 aliphatic heterocycles. The number of benzene rings is 1. The van der Waals surface area contributed by atoms with Crippen LogP contribution in [0.4, 0.5) is 0 Å². The molecule has 1 atom stereocenters. The van der Waals surface area contributed by atoms with Gasteiger partial charge in [0.2, 0.25) is 6.41 Å². The Labute approximate surface area is 188 Å². The van der Waals surface area contributed by atoms with Crippen LogP contribution in [0.5, 0.6) is 0 Å². The molecule has 0 saturated heterocycles. The molecule has 1 unspecified atom stereocenters. The highest BCUT2D eigenvalue weighted by molar-refractivity contribution is 6.31. The highest BCUT2D eigenvalue weighted by Crippen LogP contribution is 2.16. The second-order valence-electron chi connectivity index (χ2n) is 6.72. The van der Waals surface area contributed by atoms with Gasteiger partial charge < -0.3 is 21.1 Å². The number of carbonyl (C=O) groups excluding carboxylic acids is 2. The van der Waals surface area contributed by atoms with Crippen molar-refractivity contribution < 1.29 is 19.5 Å². The Bertz CT molecular complexity index is 789. The van der Waals surface area contributed by atoms with Gasteiger partial charge in [0.15, 0.2) is 0 Å². The zero-order chi connectivity index (χ0) is 23.6. The molecule has 0 spiro atoms. The van der Waals surface area contributed by atoms with Crippen LogP contribution in [0.25, 0.3) is 0 Å². The minimum atomic E-state index is -1.04. The summed E-state index contributed by atoms with van der Waals surface area (Å²) in [6.07, 6.45) is 7.68. The van der Waals surface area contributed by atoms with Crippen LogP contribution >= 0.6 is 11.6 Å². The number of hydrogen-bond donors (Lipinski definition) is 3. The van der Waals surface area contributed by atoms with E-state index < -0.39 is 12.0 Å². The Morgan fingerprint density at radius 1 is 1.32 bits per heavy atom. The average Bonchev–Trinajstić information content (AvgIpc) is 2.72. The van der Waals surface area contributed by atoms with Crippen molar-refractivity contribution in [1.29, 1.82) is 0 Å². The van der Waals surface area contributed by atoms with Crippen LogP contribution in [0.2, 0.25) is 5.02 Å². The zero-order valence-electron chi connectivity index (χ0n) is 18.1. The Balaban J connectivity index is 0.000000594. The molecule has 1 amide bonds. The monoisotopic (exact) mass is 450 g/mol. The fourth-order valence-electron chi connectivity index (χ4n) is 2.24. The molecule has 0 aliphatic rings. The number of aliphatic imine (C=N–C) groups is 1. The average molecular weight is 451 g/mol. The molecular weight excluding hydrogens is 420 g/mol. The lowest BCUT2D eigenvalue weighted by atomic mass is 10.1. The van der Waals surface area contributed by atoms with Gasteiger partial charge in [0.05, 0.1) is 5.84 Å². The van der Waals surface area contributed by atoms with Gasteiger partial charge in [-0.1, -0.05) is 35.9 Å². The molecule has 8 nitrogen and oxygen atoms in total. The summed E-state index contributed by atoms with van der Waals surface area (Å²) in [6.45, 7) is 4.65. The van der Waals surface area contributed by atoms with Crippen molar-refractivity contribution in [3.05, 3.63) is 58.8 Å². The number of aliphatic carboxylic acids is 1. The molecule has 0 saturated carbocycles. The molecule has 4 N–H and O–H groups in total. The quantitative estimate of drug-likeness (QED) is 0.112. The Morgan fingerprint density at radius 3 is 2.55 bits per heavy atom. The lowest BCUT2D eigenvalue weighted by molar-refractivity contribution is -0.140. The Kier molecular flexibility index (Phi) is 15.0. The number of halogens is 1. The maximum absolute atomic E-state index is 10.5. The van der Waals surface area contributed by atoms with Crippen molar-refractivity contribution in [2.75, 3.05) is 13.6 Å². The van der Waals surface area contributed by atoms with E-state index in [4.69, 9.17) is 22.4 Å². The minimum absolute atomic E-state index is 0.352. The van der Waals surface area contributed by atoms with Crippen molar-refractivity contribution in [3.63, 3.8) is 0 Å². The number of nitrogens with two attached hydrogens (primary N) is 1. The maximum Gasteiger partial charge on any atom is 0.326 e. The summed E-state index contributed by atoms with van der Waals surface area (Å²) in [4.78, 5) is 36.9. The van der Waals surface area contributed by atoms with Gasteiger partial charge in [-0.05, 0) is 56.2 Å². The van der Waals surface area contributed by atoms with E-state index in [0.717, 1.165) is 23.4 Å². The summed E-state index contributed by atoms with van der Waals surface area (Å²) in [5, 5.41) is 11.6. The highest BCUT2D eigenvalue weighted by atomic mass is 35.5. The number of nitrogens with one attached hydrogen (secondary N) is 1. The second kappa shape index (κ2) is 16.6. The van der Waals surface area contributed by atoms with E-state index in [2.05, 4.69) is 10.3 Å². The fraction of sp³-hybridized carbons (Fsp3) is 0.364. The molecule has 1 rings (SSSR count). The number of aldehydes is 1. The van der Waals surface area contributed by atoms with Gasteiger partial charge in [-0.25, -0.2) is 4.79 Å². The number of allylic oxidation sites excluding steroid dienone is 3. The van der Waals surface area contributed by atoms with Crippen LogP contribution in [-0.4, -0.2) is 54.1 Å². The van der Waals surface area contributed by atoms with Crippen molar-refractivity contribution in [2.45, 2.75) is 39.3 Å². The summed E-state index contributed by atoms with van der Waals surface area (Å²) in [5.41, 5.74) is 7.07. The third-order valence-electron chi connectivity index (χ3n) is 3.84. The minimum Gasteiger partial charge on any atom is -0.480 e. The van der Waals surface area contributed by atoms with Gasteiger partial charge >= 0.3 is 5.97 Å². The van der Waals surface area contributed by atoms with Crippen LogP contribution in [-0.2, 0) is 20.9 Å². The second-order valence-corrected chi connectivity index (χ2v) is 7.12. The van der Waals surface area contributed by atoms with E-state index in [1.807, 2.05) is 48.5 Å². The number of carbonyl (C=O) groups is 3. The molecule has 170 valence electrons. The fourth-order valence-corrected chi connectivity index (χ4v) is 2.44. The molecule has 0 heterocycles. The molecule has 1 aromatic rings. The molecule has 0 aromatic heterocycles. The largest absolute Gasteiger partial charge is 0.480 e. The number of carboxylic acids is 1. The number of carboxylic acid groups (broad SMARTS) is 1. The lowest BCUT2D eigenvalue weighted by Gasteiger charge is -2.14. The summed E-state index contributed by atoms with van der Waals surface area (Å²) in [6, 6.07) is 6.93. The molecule has 1 aromatic carbocycles. The van der Waals surface area contributed by atoms with Crippen LogP contribution in [0.3, 0.4) is 0 Å². The first-order valence-corrected chi connectivity index (χ1v) is 10.0. The normalized spacial score (nSPS) is 12.5. The number of hydrogen-bond acceptors (Lipinski definition) is 5. The van der Waals surface area contributed by atoms with Gasteiger partial charge in [0.1, 0.15) is 12.3 Å². The number of amides is 1. The first-order chi connectivity index (χ1) is 14.7. The standard InChI is InChI=1S/C14H16ClNO.C8H15N3O3/c1-12(11-17)6-5-9-16(2)10-13-7-3-4-8-14(13)15;1-6(9)10-4-2-3-7(8(13)14)11-5-12/h3-9,11H,10H2,1-2H3;5,7H,2-4H2,1H3,(H2,9,10)(H,11,12)(H,13,14)/b9-5-,12-6-;. The molecule has 9 heteroatoms. The predicted molar refractivity (Wildman–Crippen MR) is 124 cm³/mol. The smallest absolute Gasteiger partial charge is 0.326 e. The van der Waals surface area contributed by atoms with Gasteiger partial charge in [0.25, 0.3) is 0 Å². The summed E-state index contributed by atoms with van der Waals surface area (Å²) in [7, 11) is 1.96. The molecule has 0 aliphatic carbocycles. The topological polar surface area (TPSA) is 125 Å². The number of nitrogens with zero attached hydrogens (tertiary/aromatic N) is 2. The van der Waals surface area contributed by atoms with Crippen LogP contribution in [0.1, 0.15) is 32.3 Å². The van der Waals surface area contributed by atoms with Gasteiger partial charge in [-0.3, -0.25) is 14.6 Å². The first-order valence-electron chi connectivity index (χ1n) is 9.64. The van der Waals surface area contributed by atoms with Crippen LogP contribution in [0.15, 0.2) is 53.2 Å². The van der Waals surface area contributed by atoms with Gasteiger partial charge in [0, 0.05) is 25.2 Å². The number of rotatable bonds is 12. The van der Waals surface area contributed by atoms with Crippen molar-refractivity contribution in [3.8, 4) is 0 Å². The third kappa shape index (κ3) is 14.5. The Hall–Kier alpha value is -3.13. The van der Waals surface area contributed by atoms with Crippen molar-refractivity contribution in [2.24, 2.45) is 10.7 Å². The summed E-state index contributed by atoms with van der Waals surface area (Å²) >= 11 is 6.07. The van der Waals surface area contributed by atoms with E-state index in [-0.39, 0.29) is 0 Å². The highest BCUT2D eigenvalue weighted by Gasteiger charge is 2.14. The van der Waals surface area contributed by atoms with Crippen LogP contribution < -0.4 is 11.1 Å². The zero-order valence-corrected chi connectivity index (χ0v) is 18.9. The number of amidine groups is 1. The Morgan fingerprint density at radius 2 is 2.00 bits per heavy atom. The van der Waals surface area contributed by atoms with E-state index in [1.54, 1.807) is 19.9 Å². The SMILES string of the molecule is C/C(C=O)=C/C=C\N(C)Cc1ccccc1Cl.CC(N)=NCCCC(NC=O)C(=O)O. The van der Waals surface area contributed by atoms with Crippen molar-refractivity contribution in [1.82, 2.24) is 10.2 Å². The first kappa shape index (κ1) is 27.9. The summed E-state index contributed by atoms with van der Waals surface area (Å²) < 4.78 is 0. The third-order valence-corrected chi connectivity index (χ3v) is 4.21. The van der Waals surface area contributed by atoms with Gasteiger partial charge in [-0.2, -0.15) is 0 Å². The van der Waals surface area contributed by atoms with Crippen LogP contribution in [0, 0.1) is 0 Å². The maximum atomic E-state index is 10.5. The molecule has 0 radical (unpaired) electrons. The molecule has 0 fully saturated rings. The van der Waals surface area contributed by atoms with Gasteiger partial charge in [-0.15, -0.1) is 0 Å². The molecule has 31 heavy (non-hydrogen) atoms. The molecule has 0 bridgehead atoms.